The molecule has 2 aromatic carbocycles. The van der Waals surface area contributed by atoms with E-state index in [0.29, 0.717) is 12.6 Å². The minimum absolute atomic E-state index is 0.431. The molecule has 2 rings (SSSR count). The first-order valence-electron chi connectivity index (χ1n) is 7.69. The van der Waals surface area contributed by atoms with E-state index in [1.807, 2.05) is 19.1 Å². The van der Waals surface area contributed by atoms with Gasteiger partial charge in [0, 0.05) is 18.2 Å². The third-order valence-electron chi connectivity index (χ3n) is 3.70. The Hall–Kier alpha value is -1.80. The van der Waals surface area contributed by atoms with Crippen LogP contribution in [0.15, 0.2) is 48.5 Å². The zero-order valence-corrected chi connectivity index (χ0v) is 13.2. The van der Waals surface area contributed by atoms with Gasteiger partial charge in [-0.15, -0.1) is 0 Å². The van der Waals surface area contributed by atoms with Gasteiger partial charge in [0.1, 0.15) is 5.75 Å². The van der Waals surface area contributed by atoms with E-state index in [4.69, 9.17) is 4.74 Å². The van der Waals surface area contributed by atoms with Crippen LogP contribution in [0.25, 0.3) is 0 Å². The molecule has 0 aromatic heterocycles. The molecule has 1 atom stereocenters. The topological polar surface area (TPSA) is 21.3 Å². The summed E-state index contributed by atoms with van der Waals surface area (Å²) in [6.45, 7) is 7.96. The summed E-state index contributed by atoms with van der Waals surface area (Å²) < 4.78 is 5.67. The lowest BCUT2D eigenvalue weighted by molar-refractivity contribution is 0.334. The summed E-state index contributed by atoms with van der Waals surface area (Å²) in [6.07, 6.45) is 1.05. The standard InChI is InChI=1S/C19H25NO/c1-4-21-19-12-8-7-11-18(19)14-20-16(3)13-17-10-6-5-9-15(17)2/h5-12,16,20H,4,13-14H2,1-3H3. The van der Waals surface area contributed by atoms with Gasteiger partial charge < -0.3 is 10.1 Å². The second-order valence-electron chi connectivity index (χ2n) is 5.45. The van der Waals surface area contributed by atoms with Crippen LogP contribution in [-0.2, 0) is 13.0 Å². The van der Waals surface area contributed by atoms with Crippen molar-refractivity contribution in [3.63, 3.8) is 0 Å². The lowest BCUT2D eigenvalue weighted by atomic mass is 10.0. The Kier molecular flexibility index (Phi) is 5.82. The Labute approximate surface area is 128 Å². The van der Waals surface area contributed by atoms with Crippen LogP contribution in [0.2, 0.25) is 0 Å². The maximum atomic E-state index is 5.67. The monoisotopic (exact) mass is 283 g/mol. The molecule has 2 aromatic rings. The predicted molar refractivity (Wildman–Crippen MR) is 88.8 cm³/mol. The number of para-hydroxylation sites is 1. The first kappa shape index (κ1) is 15.6. The predicted octanol–water partition coefficient (Wildman–Crippen LogP) is 4.11. The molecule has 2 heteroatoms. The number of ether oxygens (including phenoxy) is 1. The molecule has 0 aliphatic heterocycles. The van der Waals surface area contributed by atoms with Gasteiger partial charge in [-0.3, -0.25) is 0 Å². The first-order valence-corrected chi connectivity index (χ1v) is 7.69. The molecule has 0 saturated carbocycles. The average Bonchev–Trinajstić information content (AvgIpc) is 2.49. The lowest BCUT2D eigenvalue weighted by Crippen LogP contribution is -2.28. The first-order chi connectivity index (χ1) is 10.2. The Bertz CT molecular complexity index is 565. The van der Waals surface area contributed by atoms with E-state index in [1.54, 1.807) is 0 Å². The van der Waals surface area contributed by atoms with Crippen molar-refractivity contribution in [3.05, 3.63) is 65.2 Å². The summed E-state index contributed by atoms with van der Waals surface area (Å²) in [5.41, 5.74) is 3.99. The van der Waals surface area contributed by atoms with Gasteiger partial charge in [0.05, 0.1) is 6.61 Å². The lowest BCUT2D eigenvalue weighted by Gasteiger charge is -2.17. The molecule has 112 valence electrons. The van der Waals surface area contributed by atoms with Crippen molar-refractivity contribution >= 4 is 0 Å². The van der Waals surface area contributed by atoms with E-state index in [9.17, 15) is 0 Å². The number of rotatable bonds is 7. The smallest absolute Gasteiger partial charge is 0.123 e. The largest absolute Gasteiger partial charge is 0.494 e. The summed E-state index contributed by atoms with van der Waals surface area (Å²) in [6, 6.07) is 17.3. The van der Waals surface area contributed by atoms with Crippen molar-refractivity contribution in [1.29, 1.82) is 0 Å². The van der Waals surface area contributed by atoms with E-state index < -0.39 is 0 Å². The number of hydrogen-bond donors (Lipinski definition) is 1. The van der Waals surface area contributed by atoms with E-state index in [-0.39, 0.29) is 0 Å². The highest BCUT2D eigenvalue weighted by molar-refractivity contribution is 5.33. The maximum absolute atomic E-state index is 5.67. The van der Waals surface area contributed by atoms with Crippen LogP contribution in [0, 0.1) is 6.92 Å². The molecule has 0 spiro atoms. The fraction of sp³-hybridized carbons (Fsp3) is 0.368. The molecule has 0 aliphatic rings. The molecule has 0 fully saturated rings. The molecular weight excluding hydrogens is 258 g/mol. The van der Waals surface area contributed by atoms with Crippen LogP contribution in [0.4, 0.5) is 0 Å². The number of aryl methyl sites for hydroxylation is 1. The van der Waals surface area contributed by atoms with E-state index in [0.717, 1.165) is 18.7 Å². The molecule has 1 unspecified atom stereocenters. The molecule has 21 heavy (non-hydrogen) atoms. The van der Waals surface area contributed by atoms with Gasteiger partial charge in [-0.2, -0.15) is 0 Å². The second-order valence-corrected chi connectivity index (χ2v) is 5.45. The Morgan fingerprint density at radius 2 is 1.67 bits per heavy atom. The number of hydrogen-bond acceptors (Lipinski definition) is 2. The van der Waals surface area contributed by atoms with Gasteiger partial charge in [-0.1, -0.05) is 42.5 Å². The van der Waals surface area contributed by atoms with E-state index in [2.05, 4.69) is 55.6 Å². The Morgan fingerprint density at radius 3 is 2.38 bits per heavy atom. The van der Waals surface area contributed by atoms with Gasteiger partial charge in [0.25, 0.3) is 0 Å². The van der Waals surface area contributed by atoms with Crippen LogP contribution < -0.4 is 10.1 Å². The minimum Gasteiger partial charge on any atom is -0.494 e. The number of nitrogens with one attached hydrogen (secondary N) is 1. The zero-order chi connectivity index (χ0) is 15.1. The van der Waals surface area contributed by atoms with Crippen LogP contribution in [-0.4, -0.2) is 12.6 Å². The van der Waals surface area contributed by atoms with E-state index in [1.165, 1.54) is 16.7 Å². The fourth-order valence-electron chi connectivity index (χ4n) is 2.47. The highest BCUT2D eigenvalue weighted by Crippen LogP contribution is 2.18. The number of benzene rings is 2. The summed E-state index contributed by atoms with van der Waals surface area (Å²) >= 11 is 0. The second kappa shape index (κ2) is 7.84. The molecule has 0 amide bonds. The molecular formula is C19H25NO. The van der Waals surface area contributed by atoms with Crippen molar-refractivity contribution in [2.45, 2.75) is 39.8 Å². The fourth-order valence-corrected chi connectivity index (χ4v) is 2.47. The van der Waals surface area contributed by atoms with Crippen LogP contribution in [0.5, 0.6) is 5.75 Å². The minimum atomic E-state index is 0.431. The Balaban J connectivity index is 1.92. The van der Waals surface area contributed by atoms with Crippen molar-refractivity contribution < 1.29 is 4.74 Å². The molecule has 0 radical (unpaired) electrons. The highest BCUT2D eigenvalue weighted by atomic mass is 16.5. The van der Waals surface area contributed by atoms with Gasteiger partial charge in [-0.05, 0) is 44.4 Å². The van der Waals surface area contributed by atoms with Gasteiger partial charge >= 0.3 is 0 Å². The summed E-state index contributed by atoms with van der Waals surface area (Å²) in [5.74, 6) is 0.982. The summed E-state index contributed by atoms with van der Waals surface area (Å²) in [5, 5.41) is 3.59. The Morgan fingerprint density at radius 1 is 1.00 bits per heavy atom. The van der Waals surface area contributed by atoms with Crippen molar-refractivity contribution in [2.24, 2.45) is 0 Å². The van der Waals surface area contributed by atoms with Gasteiger partial charge in [0.2, 0.25) is 0 Å². The van der Waals surface area contributed by atoms with Crippen molar-refractivity contribution in [2.75, 3.05) is 6.61 Å². The van der Waals surface area contributed by atoms with Gasteiger partial charge in [-0.25, -0.2) is 0 Å². The van der Waals surface area contributed by atoms with Crippen LogP contribution in [0.1, 0.15) is 30.5 Å². The SMILES string of the molecule is CCOc1ccccc1CNC(C)Cc1ccccc1C. The molecule has 2 nitrogen and oxygen atoms in total. The van der Waals surface area contributed by atoms with Crippen molar-refractivity contribution in [3.8, 4) is 5.75 Å². The molecule has 0 aliphatic carbocycles. The molecule has 0 bridgehead atoms. The third-order valence-corrected chi connectivity index (χ3v) is 3.70. The van der Waals surface area contributed by atoms with Crippen molar-refractivity contribution in [1.82, 2.24) is 5.32 Å². The highest BCUT2D eigenvalue weighted by Gasteiger charge is 2.07. The molecule has 0 saturated heterocycles. The molecule has 1 N–H and O–H groups in total. The summed E-state index contributed by atoms with van der Waals surface area (Å²) in [4.78, 5) is 0. The van der Waals surface area contributed by atoms with Gasteiger partial charge in [0.15, 0.2) is 0 Å². The quantitative estimate of drug-likeness (QED) is 0.825. The summed E-state index contributed by atoms with van der Waals surface area (Å²) in [7, 11) is 0. The van der Waals surface area contributed by atoms with Crippen LogP contribution >= 0.6 is 0 Å². The maximum Gasteiger partial charge on any atom is 0.123 e. The molecule has 0 heterocycles. The van der Waals surface area contributed by atoms with Crippen LogP contribution in [0.3, 0.4) is 0 Å². The average molecular weight is 283 g/mol. The third kappa shape index (κ3) is 4.61. The van der Waals surface area contributed by atoms with E-state index >= 15 is 0 Å². The normalized spacial score (nSPS) is 12.1. The zero-order valence-electron chi connectivity index (χ0n) is 13.2.